The molecule has 120 valence electrons. The van der Waals surface area contributed by atoms with Crippen LogP contribution in [-0.2, 0) is 17.7 Å². The molecule has 4 nitrogen and oxygen atoms in total. The Bertz CT molecular complexity index is 416. The van der Waals surface area contributed by atoms with Gasteiger partial charge in [-0.3, -0.25) is 0 Å². The second-order valence-corrected chi connectivity index (χ2v) is 6.92. The van der Waals surface area contributed by atoms with Gasteiger partial charge in [0.15, 0.2) is 5.13 Å². The maximum atomic E-state index is 5.58. The van der Waals surface area contributed by atoms with E-state index in [1.54, 1.807) is 0 Å². The summed E-state index contributed by atoms with van der Waals surface area (Å²) >= 11 is 1.84. The zero-order chi connectivity index (χ0) is 15.1. The highest BCUT2D eigenvalue weighted by Gasteiger charge is 2.19. The van der Waals surface area contributed by atoms with Crippen LogP contribution >= 0.6 is 11.3 Å². The zero-order valence-electron chi connectivity index (χ0n) is 13.7. The van der Waals surface area contributed by atoms with E-state index in [4.69, 9.17) is 9.72 Å². The van der Waals surface area contributed by atoms with Crippen LogP contribution in [0.2, 0.25) is 0 Å². The second kappa shape index (κ2) is 8.71. The Morgan fingerprint density at radius 3 is 2.95 bits per heavy atom. The van der Waals surface area contributed by atoms with E-state index in [-0.39, 0.29) is 0 Å². The lowest BCUT2D eigenvalue weighted by atomic mass is 10.0. The maximum Gasteiger partial charge on any atom is 0.185 e. The van der Waals surface area contributed by atoms with Gasteiger partial charge in [0.1, 0.15) is 0 Å². The fourth-order valence-electron chi connectivity index (χ4n) is 2.74. The molecule has 1 aliphatic rings. The van der Waals surface area contributed by atoms with Gasteiger partial charge in [0.2, 0.25) is 0 Å². The number of hydrogen-bond donors (Lipinski definition) is 1. The zero-order valence-corrected chi connectivity index (χ0v) is 14.5. The van der Waals surface area contributed by atoms with Gasteiger partial charge in [-0.1, -0.05) is 13.8 Å². The SMILES string of the molecule is CCCNCc1sc(N(C)CC2CCCOC2)nc1CC. The Kier molecular flexibility index (Phi) is 6.93. The van der Waals surface area contributed by atoms with Crippen molar-refractivity contribution in [3.63, 3.8) is 0 Å². The first-order valence-corrected chi connectivity index (χ1v) is 9.04. The van der Waals surface area contributed by atoms with E-state index in [9.17, 15) is 0 Å². The Morgan fingerprint density at radius 1 is 1.43 bits per heavy atom. The summed E-state index contributed by atoms with van der Waals surface area (Å²) in [7, 11) is 2.16. The van der Waals surface area contributed by atoms with Crippen molar-refractivity contribution < 1.29 is 4.74 Å². The van der Waals surface area contributed by atoms with Crippen molar-refractivity contribution in [2.24, 2.45) is 5.92 Å². The lowest BCUT2D eigenvalue weighted by molar-refractivity contribution is 0.0576. The van der Waals surface area contributed by atoms with Crippen molar-refractivity contribution in [1.82, 2.24) is 10.3 Å². The van der Waals surface area contributed by atoms with E-state index in [1.165, 1.54) is 29.8 Å². The van der Waals surface area contributed by atoms with Crippen LogP contribution < -0.4 is 10.2 Å². The average molecular weight is 311 g/mol. The fourth-order valence-corrected chi connectivity index (χ4v) is 3.83. The molecular formula is C16H29N3OS. The molecule has 0 amide bonds. The molecule has 1 fully saturated rings. The van der Waals surface area contributed by atoms with Gasteiger partial charge < -0.3 is 15.0 Å². The molecular weight excluding hydrogens is 282 g/mol. The highest BCUT2D eigenvalue weighted by atomic mass is 32.1. The number of ether oxygens (including phenoxy) is 1. The molecule has 2 rings (SSSR count). The summed E-state index contributed by atoms with van der Waals surface area (Å²) in [5.74, 6) is 0.652. The first-order valence-electron chi connectivity index (χ1n) is 8.22. The van der Waals surface area contributed by atoms with Gasteiger partial charge in [0.05, 0.1) is 12.3 Å². The van der Waals surface area contributed by atoms with E-state index >= 15 is 0 Å². The van der Waals surface area contributed by atoms with Gasteiger partial charge in [0, 0.05) is 31.6 Å². The molecule has 0 saturated carbocycles. The van der Waals surface area contributed by atoms with E-state index < -0.39 is 0 Å². The molecule has 1 aromatic rings. The van der Waals surface area contributed by atoms with Crippen LogP contribution in [-0.4, -0.2) is 38.3 Å². The normalized spacial score (nSPS) is 18.9. The molecule has 0 radical (unpaired) electrons. The van der Waals surface area contributed by atoms with Crippen molar-refractivity contribution in [2.75, 3.05) is 38.3 Å². The molecule has 1 aliphatic heterocycles. The maximum absolute atomic E-state index is 5.58. The van der Waals surface area contributed by atoms with Gasteiger partial charge in [-0.25, -0.2) is 4.98 Å². The first kappa shape index (κ1) is 16.7. The summed E-state index contributed by atoms with van der Waals surface area (Å²) in [6.07, 6.45) is 4.67. The fraction of sp³-hybridized carbons (Fsp3) is 0.812. The van der Waals surface area contributed by atoms with Crippen LogP contribution in [0.3, 0.4) is 0 Å². The van der Waals surface area contributed by atoms with E-state index in [2.05, 4.69) is 31.1 Å². The van der Waals surface area contributed by atoms with Gasteiger partial charge in [-0.05, 0) is 38.1 Å². The van der Waals surface area contributed by atoms with Gasteiger partial charge in [-0.2, -0.15) is 0 Å². The Balaban J connectivity index is 1.94. The number of thiazole rings is 1. The quantitative estimate of drug-likeness (QED) is 0.749. The number of nitrogens with zero attached hydrogens (tertiary/aromatic N) is 2. The number of aromatic nitrogens is 1. The summed E-state index contributed by atoms with van der Waals surface area (Å²) < 4.78 is 5.58. The summed E-state index contributed by atoms with van der Waals surface area (Å²) in [6.45, 7) is 9.31. The summed E-state index contributed by atoms with van der Waals surface area (Å²) in [4.78, 5) is 8.54. The molecule has 1 unspecified atom stereocenters. The van der Waals surface area contributed by atoms with E-state index in [0.717, 1.165) is 44.4 Å². The van der Waals surface area contributed by atoms with E-state index in [0.29, 0.717) is 5.92 Å². The van der Waals surface area contributed by atoms with Crippen molar-refractivity contribution >= 4 is 16.5 Å². The molecule has 1 atom stereocenters. The molecule has 0 aromatic carbocycles. The third kappa shape index (κ3) is 4.94. The third-order valence-electron chi connectivity index (χ3n) is 3.93. The second-order valence-electron chi connectivity index (χ2n) is 5.86. The highest BCUT2D eigenvalue weighted by molar-refractivity contribution is 7.15. The number of anilines is 1. The van der Waals surface area contributed by atoms with Crippen molar-refractivity contribution in [2.45, 2.75) is 46.1 Å². The van der Waals surface area contributed by atoms with E-state index in [1.807, 2.05) is 11.3 Å². The Morgan fingerprint density at radius 2 is 2.29 bits per heavy atom. The standard InChI is InChI=1S/C16H29N3OS/c1-4-8-17-10-15-14(5-2)18-16(21-15)19(3)11-13-7-6-9-20-12-13/h13,17H,4-12H2,1-3H3. The van der Waals surface area contributed by atoms with Crippen LogP contribution in [0.15, 0.2) is 0 Å². The molecule has 1 saturated heterocycles. The predicted octanol–water partition coefficient (Wildman–Crippen LogP) is 3.07. The van der Waals surface area contributed by atoms with Crippen molar-refractivity contribution in [1.29, 1.82) is 0 Å². The predicted molar refractivity (Wildman–Crippen MR) is 90.3 cm³/mol. The molecule has 0 bridgehead atoms. The monoisotopic (exact) mass is 311 g/mol. The minimum Gasteiger partial charge on any atom is -0.381 e. The Labute approximate surface area is 132 Å². The summed E-state index contributed by atoms with van der Waals surface area (Å²) in [5, 5.41) is 4.65. The van der Waals surface area contributed by atoms with Gasteiger partial charge >= 0.3 is 0 Å². The minimum atomic E-state index is 0.652. The van der Waals surface area contributed by atoms with Gasteiger partial charge in [0.25, 0.3) is 0 Å². The number of rotatable bonds is 8. The summed E-state index contributed by atoms with van der Waals surface area (Å²) in [6, 6.07) is 0. The molecule has 2 heterocycles. The average Bonchev–Trinajstić information content (AvgIpc) is 2.92. The summed E-state index contributed by atoms with van der Waals surface area (Å²) in [5.41, 5.74) is 1.25. The molecule has 0 aliphatic carbocycles. The molecule has 0 spiro atoms. The third-order valence-corrected chi connectivity index (χ3v) is 5.14. The molecule has 21 heavy (non-hydrogen) atoms. The number of nitrogens with one attached hydrogen (secondary N) is 1. The Hall–Kier alpha value is -0.650. The van der Waals surface area contributed by atoms with Crippen molar-refractivity contribution in [3.05, 3.63) is 10.6 Å². The first-order chi connectivity index (χ1) is 10.2. The van der Waals surface area contributed by atoms with Crippen LogP contribution in [0.5, 0.6) is 0 Å². The molecule has 1 N–H and O–H groups in total. The molecule has 5 heteroatoms. The largest absolute Gasteiger partial charge is 0.381 e. The lowest BCUT2D eigenvalue weighted by Gasteiger charge is -2.26. The number of aryl methyl sites for hydroxylation is 1. The van der Waals surface area contributed by atoms with Crippen LogP contribution in [0.4, 0.5) is 5.13 Å². The minimum absolute atomic E-state index is 0.652. The topological polar surface area (TPSA) is 37.4 Å². The van der Waals surface area contributed by atoms with Crippen molar-refractivity contribution in [3.8, 4) is 0 Å². The smallest absolute Gasteiger partial charge is 0.185 e. The van der Waals surface area contributed by atoms with Gasteiger partial charge in [-0.15, -0.1) is 11.3 Å². The number of hydrogen-bond acceptors (Lipinski definition) is 5. The molecule has 1 aromatic heterocycles. The highest BCUT2D eigenvalue weighted by Crippen LogP contribution is 2.27. The lowest BCUT2D eigenvalue weighted by Crippen LogP contribution is -2.30. The van der Waals surface area contributed by atoms with Crippen LogP contribution in [0, 0.1) is 5.92 Å². The van der Waals surface area contributed by atoms with Crippen LogP contribution in [0.25, 0.3) is 0 Å². The van der Waals surface area contributed by atoms with Crippen LogP contribution in [0.1, 0.15) is 43.7 Å².